The molecule has 0 saturated heterocycles. The van der Waals surface area contributed by atoms with E-state index >= 15 is 0 Å². The molecule has 0 N–H and O–H groups in total. The standard InChI is InChI=1S/C36H25N3SSi/c1-41(2)30-19-11-8-16-27(30)31-34(41)36(38-35(37-31)22-12-4-3-5-13-22)39-28-17-9-6-14-23(28)25-20-21-26-24-15-7-10-18-29(24)40-33(26)32(25)39/h3-21H,1-2H3. The maximum atomic E-state index is 5.49. The summed E-state index contributed by atoms with van der Waals surface area (Å²) in [4.78, 5) is 10.8. The molecule has 0 fully saturated rings. The fraction of sp³-hybridized carbons (Fsp3) is 0.0556. The van der Waals surface area contributed by atoms with E-state index in [2.05, 4.69) is 127 Å². The second-order valence-electron chi connectivity index (χ2n) is 11.4. The molecule has 194 valence electrons. The molecule has 0 aliphatic carbocycles. The SMILES string of the molecule is C[Si]1(C)c2ccccc2-c2nc(-c3ccccc3)nc(-n3c4ccccc4c4ccc5c6ccccc6sc5c43)c21. The molecule has 0 saturated carbocycles. The molecule has 3 nitrogen and oxygen atoms in total. The van der Waals surface area contributed by atoms with Gasteiger partial charge in [-0.25, -0.2) is 9.97 Å². The normalized spacial score (nSPS) is 13.8. The Hall–Kier alpha value is -4.58. The largest absolute Gasteiger partial charge is 0.292 e. The number of fused-ring (bicyclic) bond motifs is 10. The third-order valence-electron chi connectivity index (χ3n) is 8.79. The van der Waals surface area contributed by atoms with Crippen LogP contribution in [0.25, 0.3) is 70.4 Å². The average molecular weight is 560 g/mol. The molecule has 0 amide bonds. The molecule has 3 aromatic heterocycles. The fourth-order valence-corrected chi connectivity index (χ4v) is 11.3. The number of para-hydroxylation sites is 1. The fourth-order valence-electron chi connectivity index (χ4n) is 6.92. The first-order chi connectivity index (χ1) is 20.1. The van der Waals surface area contributed by atoms with Crippen LogP contribution in [0.2, 0.25) is 13.1 Å². The summed E-state index contributed by atoms with van der Waals surface area (Å²) in [5.74, 6) is 1.80. The minimum Gasteiger partial charge on any atom is -0.292 e. The maximum Gasteiger partial charge on any atom is 0.162 e. The van der Waals surface area contributed by atoms with Gasteiger partial charge in [0.15, 0.2) is 5.82 Å². The molecule has 0 unspecified atom stereocenters. The zero-order valence-electron chi connectivity index (χ0n) is 22.7. The summed E-state index contributed by atoms with van der Waals surface area (Å²) in [7, 11) is -2.12. The molecule has 0 bridgehead atoms. The first kappa shape index (κ1) is 23.2. The number of benzene rings is 5. The molecule has 0 atom stereocenters. The van der Waals surface area contributed by atoms with Crippen molar-refractivity contribution in [3.63, 3.8) is 0 Å². The molecule has 0 spiro atoms. The zero-order valence-corrected chi connectivity index (χ0v) is 24.5. The van der Waals surface area contributed by atoms with Gasteiger partial charge in [-0.05, 0) is 22.9 Å². The lowest BCUT2D eigenvalue weighted by Gasteiger charge is -2.22. The number of hydrogen-bond donors (Lipinski definition) is 0. The summed E-state index contributed by atoms with van der Waals surface area (Å²) in [6.45, 7) is 4.91. The highest BCUT2D eigenvalue weighted by Gasteiger charge is 2.42. The molecule has 4 heterocycles. The predicted molar refractivity (Wildman–Crippen MR) is 177 cm³/mol. The van der Waals surface area contributed by atoms with Crippen molar-refractivity contribution in [3.05, 3.63) is 115 Å². The van der Waals surface area contributed by atoms with Crippen LogP contribution in [-0.2, 0) is 0 Å². The quantitative estimate of drug-likeness (QED) is 0.199. The maximum absolute atomic E-state index is 5.49. The van der Waals surface area contributed by atoms with E-state index in [4.69, 9.17) is 9.97 Å². The van der Waals surface area contributed by atoms with Gasteiger partial charge in [0, 0.05) is 37.0 Å². The van der Waals surface area contributed by atoms with Crippen molar-refractivity contribution >= 4 is 71.8 Å². The van der Waals surface area contributed by atoms with E-state index < -0.39 is 8.07 Å². The molecule has 8 aromatic rings. The first-order valence-corrected chi connectivity index (χ1v) is 17.8. The molecule has 1 aliphatic heterocycles. The highest BCUT2D eigenvalue weighted by Crippen LogP contribution is 2.43. The van der Waals surface area contributed by atoms with E-state index in [0.717, 1.165) is 22.9 Å². The Bertz CT molecular complexity index is 2350. The minimum absolute atomic E-state index is 0.773. The minimum atomic E-state index is -2.12. The van der Waals surface area contributed by atoms with Crippen molar-refractivity contribution in [2.24, 2.45) is 0 Å². The van der Waals surface area contributed by atoms with Crippen LogP contribution >= 0.6 is 11.3 Å². The Balaban J connectivity index is 1.51. The average Bonchev–Trinajstić information content (AvgIpc) is 3.64. The van der Waals surface area contributed by atoms with Gasteiger partial charge in [-0.1, -0.05) is 116 Å². The van der Waals surface area contributed by atoms with Crippen LogP contribution in [0.5, 0.6) is 0 Å². The molecule has 5 heteroatoms. The second kappa shape index (κ2) is 8.23. The van der Waals surface area contributed by atoms with Gasteiger partial charge >= 0.3 is 0 Å². The van der Waals surface area contributed by atoms with Gasteiger partial charge < -0.3 is 0 Å². The van der Waals surface area contributed by atoms with Crippen molar-refractivity contribution in [1.82, 2.24) is 14.5 Å². The van der Waals surface area contributed by atoms with E-state index in [-0.39, 0.29) is 0 Å². The van der Waals surface area contributed by atoms with Gasteiger partial charge in [0.25, 0.3) is 0 Å². The zero-order chi connectivity index (χ0) is 27.3. The Labute approximate surface area is 242 Å². The number of nitrogens with zero attached hydrogens (tertiary/aromatic N) is 3. The summed E-state index contributed by atoms with van der Waals surface area (Å²) in [6, 6.07) is 41.5. The van der Waals surface area contributed by atoms with Crippen LogP contribution in [0.1, 0.15) is 0 Å². The molecule has 41 heavy (non-hydrogen) atoms. The first-order valence-electron chi connectivity index (χ1n) is 14.0. The highest BCUT2D eigenvalue weighted by molar-refractivity contribution is 7.26. The second-order valence-corrected chi connectivity index (χ2v) is 16.8. The van der Waals surface area contributed by atoms with Crippen LogP contribution in [0.4, 0.5) is 0 Å². The van der Waals surface area contributed by atoms with Gasteiger partial charge in [-0.3, -0.25) is 4.57 Å². The molecule has 5 aromatic carbocycles. The molecular formula is C36H25N3SSi. The summed E-state index contributed by atoms with van der Waals surface area (Å²) in [5, 5.41) is 7.89. The third-order valence-corrected chi connectivity index (χ3v) is 13.5. The van der Waals surface area contributed by atoms with Crippen LogP contribution < -0.4 is 10.4 Å². The smallest absolute Gasteiger partial charge is 0.162 e. The number of rotatable bonds is 2. The molecule has 0 radical (unpaired) electrons. The topological polar surface area (TPSA) is 30.7 Å². The van der Waals surface area contributed by atoms with Crippen molar-refractivity contribution in [2.75, 3.05) is 0 Å². The molecule has 1 aliphatic rings. The summed E-state index contributed by atoms with van der Waals surface area (Å²) < 4.78 is 5.09. The summed E-state index contributed by atoms with van der Waals surface area (Å²) in [6.07, 6.45) is 0. The van der Waals surface area contributed by atoms with Gasteiger partial charge in [0.05, 0.1) is 21.4 Å². The number of hydrogen-bond acceptors (Lipinski definition) is 3. The van der Waals surface area contributed by atoms with Crippen LogP contribution in [0.3, 0.4) is 0 Å². The van der Waals surface area contributed by atoms with E-state index in [1.807, 2.05) is 17.4 Å². The molecule has 9 rings (SSSR count). The van der Waals surface area contributed by atoms with Gasteiger partial charge in [0.2, 0.25) is 0 Å². The van der Waals surface area contributed by atoms with Gasteiger partial charge in [-0.15, -0.1) is 11.3 Å². The van der Waals surface area contributed by atoms with Gasteiger partial charge in [-0.2, -0.15) is 0 Å². The van der Waals surface area contributed by atoms with Crippen LogP contribution in [-0.4, -0.2) is 22.6 Å². The van der Waals surface area contributed by atoms with E-state index in [1.54, 1.807) is 0 Å². The van der Waals surface area contributed by atoms with Crippen LogP contribution in [0, 0.1) is 0 Å². The lowest BCUT2D eigenvalue weighted by Crippen LogP contribution is -2.51. The highest BCUT2D eigenvalue weighted by atomic mass is 32.1. The summed E-state index contributed by atoms with van der Waals surface area (Å²) in [5.41, 5.74) is 5.82. The van der Waals surface area contributed by atoms with Crippen LogP contribution in [0.15, 0.2) is 115 Å². The summed E-state index contributed by atoms with van der Waals surface area (Å²) >= 11 is 1.88. The van der Waals surface area contributed by atoms with Crippen molar-refractivity contribution in [2.45, 2.75) is 13.1 Å². The van der Waals surface area contributed by atoms with Crippen molar-refractivity contribution < 1.29 is 0 Å². The Kier molecular flexibility index (Phi) is 4.65. The number of thiophene rings is 1. The lowest BCUT2D eigenvalue weighted by atomic mass is 10.1. The van der Waals surface area contributed by atoms with Crippen molar-refractivity contribution in [1.29, 1.82) is 0 Å². The molecular weight excluding hydrogens is 535 g/mol. The third kappa shape index (κ3) is 3.07. The van der Waals surface area contributed by atoms with E-state index in [9.17, 15) is 0 Å². The van der Waals surface area contributed by atoms with Gasteiger partial charge in [0.1, 0.15) is 13.9 Å². The lowest BCUT2D eigenvalue weighted by molar-refractivity contribution is 1.07. The predicted octanol–water partition coefficient (Wildman–Crippen LogP) is 8.41. The monoisotopic (exact) mass is 559 g/mol. The van der Waals surface area contributed by atoms with E-state index in [0.29, 0.717) is 0 Å². The Morgan fingerprint density at radius 3 is 2.22 bits per heavy atom. The Morgan fingerprint density at radius 2 is 1.34 bits per heavy atom. The Morgan fingerprint density at radius 1 is 0.634 bits per heavy atom. The number of aromatic nitrogens is 3. The van der Waals surface area contributed by atoms with Crippen molar-refractivity contribution in [3.8, 4) is 28.5 Å². The van der Waals surface area contributed by atoms with E-state index in [1.165, 1.54) is 57.9 Å².